The van der Waals surface area contributed by atoms with Crippen molar-refractivity contribution >= 4 is 10.9 Å². The highest BCUT2D eigenvalue weighted by atomic mass is 16.6. The van der Waals surface area contributed by atoms with Crippen LogP contribution in [0.3, 0.4) is 0 Å². The van der Waals surface area contributed by atoms with Crippen molar-refractivity contribution in [2.75, 3.05) is 26.4 Å². The number of aryl methyl sites for hydroxylation is 1. The number of ether oxygens (including phenoxy) is 3. The van der Waals surface area contributed by atoms with Crippen molar-refractivity contribution < 1.29 is 18.6 Å². The molecule has 1 unspecified atom stereocenters. The minimum atomic E-state index is -0.445. The van der Waals surface area contributed by atoms with Crippen molar-refractivity contribution in [1.29, 1.82) is 0 Å². The normalized spacial score (nSPS) is 12.4. The van der Waals surface area contributed by atoms with Gasteiger partial charge in [0.25, 0.3) is 0 Å². The maximum Gasteiger partial charge on any atom is 0.397 e. The fraction of sp³-hybridized carbons (Fsp3) is 0.579. The fourth-order valence-electron chi connectivity index (χ4n) is 2.40. The fourth-order valence-corrected chi connectivity index (χ4v) is 2.40. The van der Waals surface area contributed by atoms with Crippen LogP contribution >= 0.6 is 0 Å². The molecule has 6 heteroatoms. The molecule has 138 valence electrons. The van der Waals surface area contributed by atoms with Crippen LogP contribution in [-0.4, -0.2) is 37.5 Å². The average Bonchev–Trinajstić information content (AvgIpc) is 2.59. The zero-order valence-corrected chi connectivity index (χ0v) is 15.2. The number of rotatable bonds is 11. The second-order valence-electron chi connectivity index (χ2n) is 6.07. The van der Waals surface area contributed by atoms with Crippen LogP contribution < -0.4 is 10.4 Å². The van der Waals surface area contributed by atoms with Crippen molar-refractivity contribution in [2.24, 2.45) is 0 Å². The summed E-state index contributed by atoms with van der Waals surface area (Å²) in [5, 5.41) is 0.456. The maximum atomic E-state index is 11.9. The zero-order chi connectivity index (χ0) is 18.1. The van der Waals surface area contributed by atoms with E-state index in [1.54, 1.807) is 12.1 Å². The summed E-state index contributed by atoms with van der Waals surface area (Å²) in [7, 11) is 0. The summed E-state index contributed by atoms with van der Waals surface area (Å²) in [4.78, 5) is 16.1. The van der Waals surface area contributed by atoms with Crippen LogP contribution in [0.4, 0.5) is 0 Å². The van der Waals surface area contributed by atoms with Crippen LogP contribution in [-0.2, 0) is 9.47 Å². The topological polar surface area (TPSA) is 70.8 Å². The monoisotopic (exact) mass is 349 g/mol. The minimum Gasteiger partial charge on any atom is -0.448 e. The van der Waals surface area contributed by atoms with Crippen LogP contribution in [0, 0.1) is 6.92 Å². The lowest BCUT2D eigenvalue weighted by molar-refractivity contribution is 0.000684. The highest BCUT2D eigenvalue weighted by Crippen LogP contribution is 2.13. The summed E-state index contributed by atoms with van der Waals surface area (Å²) in [5.74, 6) is 0. The molecule has 0 fully saturated rings. The Bertz CT molecular complexity index is 713. The van der Waals surface area contributed by atoms with Gasteiger partial charge in [-0.25, -0.2) is 4.79 Å². The Morgan fingerprint density at radius 3 is 2.80 bits per heavy atom. The van der Waals surface area contributed by atoms with Gasteiger partial charge in [-0.1, -0.05) is 31.4 Å². The molecule has 2 aromatic rings. The van der Waals surface area contributed by atoms with Gasteiger partial charge >= 0.3 is 11.7 Å². The Hall–Kier alpha value is -1.92. The quantitative estimate of drug-likeness (QED) is 0.578. The Morgan fingerprint density at radius 1 is 1.20 bits per heavy atom. The SMILES string of the molecule is CCCCC(C)OCCOCCOc1nc2ccc(C)cc2c(=O)o1. The minimum absolute atomic E-state index is 0.0330. The van der Waals surface area contributed by atoms with E-state index >= 15 is 0 Å². The van der Waals surface area contributed by atoms with Gasteiger partial charge in [0.15, 0.2) is 0 Å². The molecule has 0 N–H and O–H groups in total. The van der Waals surface area contributed by atoms with E-state index in [1.807, 2.05) is 13.0 Å². The van der Waals surface area contributed by atoms with E-state index in [1.165, 1.54) is 12.8 Å². The molecule has 25 heavy (non-hydrogen) atoms. The molecule has 0 aliphatic rings. The van der Waals surface area contributed by atoms with Crippen LogP contribution in [0.2, 0.25) is 0 Å². The standard InChI is InChI=1S/C19H27NO5/c1-4-5-6-15(3)23-11-9-22-10-12-24-19-20-17-8-7-14(2)13-16(17)18(21)25-19/h7-8,13,15H,4-6,9-12H2,1-3H3. The molecule has 0 aliphatic heterocycles. The number of unbranched alkanes of at least 4 members (excludes halogenated alkanes) is 1. The molecule has 0 saturated heterocycles. The highest BCUT2D eigenvalue weighted by Gasteiger charge is 2.07. The average molecular weight is 349 g/mol. The third-order valence-electron chi connectivity index (χ3n) is 3.81. The van der Waals surface area contributed by atoms with Gasteiger partial charge in [-0.15, -0.1) is 0 Å². The van der Waals surface area contributed by atoms with E-state index in [2.05, 4.69) is 18.8 Å². The van der Waals surface area contributed by atoms with Crippen LogP contribution in [0.15, 0.2) is 27.4 Å². The summed E-state index contributed by atoms with van der Waals surface area (Å²) in [6.07, 6.45) is 3.67. The highest BCUT2D eigenvalue weighted by molar-refractivity contribution is 5.77. The number of aromatic nitrogens is 1. The van der Waals surface area contributed by atoms with Gasteiger partial charge < -0.3 is 18.6 Å². The molecule has 0 bridgehead atoms. The van der Waals surface area contributed by atoms with Gasteiger partial charge in [0.1, 0.15) is 6.61 Å². The van der Waals surface area contributed by atoms with Gasteiger partial charge in [0.2, 0.25) is 0 Å². The zero-order valence-electron chi connectivity index (χ0n) is 15.2. The molecule has 1 heterocycles. The third-order valence-corrected chi connectivity index (χ3v) is 3.81. The summed E-state index contributed by atoms with van der Waals surface area (Å²) >= 11 is 0. The van der Waals surface area contributed by atoms with Crippen LogP contribution in [0.1, 0.15) is 38.7 Å². The largest absolute Gasteiger partial charge is 0.448 e. The predicted octanol–water partition coefficient (Wildman–Crippen LogP) is 3.49. The molecule has 0 aliphatic carbocycles. The molecular formula is C19H27NO5. The molecule has 0 amide bonds. The van der Waals surface area contributed by atoms with Crippen molar-refractivity contribution in [1.82, 2.24) is 4.98 Å². The molecule has 6 nitrogen and oxygen atoms in total. The van der Waals surface area contributed by atoms with Crippen molar-refractivity contribution in [3.63, 3.8) is 0 Å². The third kappa shape index (κ3) is 6.48. The van der Waals surface area contributed by atoms with E-state index in [0.717, 1.165) is 12.0 Å². The van der Waals surface area contributed by atoms with E-state index in [0.29, 0.717) is 30.7 Å². The summed E-state index contributed by atoms with van der Waals surface area (Å²) in [6.45, 7) is 7.87. The van der Waals surface area contributed by atoms with E-state index in [9.17, 15) is 4.79 Å². The Morgan fingerprint density at radius 2 is 2.00 bits per heavy atom. The molecule has 0 spiro atoms. The Balaban J connectivity index is 1.68. The Labute approximate surface area is 148 Å². The van der Waals surface area contributed by atoms with E-state index < -0.39 is 5.63 Å². The lowest BCUT2D eigenvalue weighted by atomic mass is 10.2. The van der Waals surface area contributed by atoms with Crippen molar-refractivity contribution in [2.45, 2.75) is 46.1 Å². The summed E-state index contributed by atoms with van der Waals surface area (Å²) in [6, 6.07) is 5.42. The second-order valence-corrected chi connectivity index (χ2v) is 6.07. The summed E-state index contributed by atoms with van der Waals surface area (Å²) in [5.41, 5.74) is 1.10. The number of hydrogen-bond acceptors (Lipinski definition) is 6. The summed E-state index contributed by atoms with van der Waals surface area (Å²) < 4.78 is 21.5. The number of fused-ring (bicyclic) bond motifs is 1. The molecule has 1 atom stereocenters. The lowest BCUT2D eigenvalue weighted by Crippen LogP contribution is -2.15. The molecule has 1 aromatic heterocycles. The van der Waals surface area contributed by atoms with Gasteiger partial charge in [-0.3, -0.25) is 0 Å². The first-order valence-electron chi connectivity index (χ1n) is 8.83. The molecule has 2 rings (SSSR count). The van der Waals surface area contributed by atoms with Crippen molar-refractivity contribution in [3.8, 4) is 6.08 Å². The smallest absolute Gasteiger partial charge is 0.397 e. The van der Waals surface area contributed by atoms with Crippen LogP contribution in [0.5, 0.6) is 6.08 Å². The number of nitrogens with zero attached hydrogens (tertiary/aromatic N) is 1. The molecule has 0 radical (unpaired) electrons. The van der Waals surface area contributed by atoms with Crippen LogP contribution in [0.25, 0.3) is 10.9 Å². The first-order valence-corrected chi connectivity index (χ1v) is 8.83. The van der Waals surface area contributed by atoms with Crippen molar-refractivity contribution in [3.05, 3.63) is 34.2 Å². The van der Waals surface area contributed by atoms with E-state index in [-0.39, 0.29) is 18.8 Å². The van der Waals surface area contributed by atoms with Gasteiger partial charge in [0, 0.05) is 0 Å². The predicted molar refractivity (Wildman–Crippen MR) is 96.3 cm³/mol. The molecule has 0 saturated carbocycles. The number of hydrogen-bond donors (Lipinski definition) is 0. The molecule has 1 aromatic carbocycles. The lowest BCUT2D eigenvalue weighted by Gasteiger charge is -2.12. The first kappa shape index (κ1) is 19.4. The molecular weight excluding hydrogens is 322 g/mol. The maximum absolute atomic E-state index is 11.9. The second kappa shape index (κ2) is 10.2. The van der Waals surface area contributed by atoms with Gasteiger partial charge in [0.05, 0.1) is 36.8 Å². The first-order chi connectivity index (χ1) is 12.1. The number of benzene rings is 1. The van der Waals surface area contributed by atoms with E-state index in [4.69, 9.17) is 18.6 Å². The Kier molecular flexibility index (Phi) is 7.88. The van der Waals surface area contributed by atoms with Gasteiger partial charge in [-0.05, 0) is 32.4 Å². The van der Waals surface area contributed by atoms with Gasteiger partial charge in [-0.2, -0.15) is 4.98 Å².